The number of carbonyl (C=O) groups excluding carboxylic acids is 1. The third kappa shape index (κ3) is 5.62. The van der Waals surface area contributed by atoms with E-state index in [-0.39, 0.29) is 17.2 Å². The largest absolute Gasteiger partial charge is 0.496 e. The predicted molar refractivity (Wildman–Crippen MR) is 132 cm³/mol. The van der Waals surface area contributed by atoms with Crippen molar-refractivity contribution in [2.75, 3.05) is 19.4 Å². The molecular weight excluding hydrogens is 434 g/mol. The van der Waals surface area contributed by atoms with Crippen LogP contribution < -0.4 is 15.6 Å². The number of amides is 1. The van der Waals surface area contributed by atoms with Crippen molar-refractivity contribution in [1.29, 1.82) is 0 Å². The van der Waals surface area contributed by atoms with Gasteiger partial charge in [-0.25, -0.2) is 4.98 Å². The number of hydrogen-bond donors (Lipinski definition) is 1. The van der Waals surface area contributed by atoms with E-state index in [4.69, 9.17) is 4.74 Å². The van der Waals surface area contributed by atoms with Gasteiger partial charge in [0.15, 0.2) is 5.16 Å². The highest BCUT2D eigenvalue weighted by Crippen LogP contribution is 2.19. The van der Waals surface area contributed by atoms with Gasteiger partial charge in [-0.2, -0.15) is 0 Å². The van der Waals surface area contributed by atoms with Crippen LogP contribution in [0.5, 0.6) is 5.75 Å². The van der Waals surface area contributed by atoms with Crippen LogP contribution in [0.3, 0.4) is 0 Å². The van der Waals surface area contributed by atoms with Crippen molar-refractivity contribution in [2.45, 2.75) is 18.1 Å². The molecular formula is C26H25N3O3S. The maximum absolute atomic E-state index is 13.2. The first-order valence-corrected chi connectivity index (χ1v) is 11.7. The minimum Gasteiger partial charge on any atom is -0.496 e. The zero-order chi connectivity index (χ0) is 23.0. The number of carbonyl (C=O) groups is 1. The SMILES string of the molecule is COc1ccccc1CCNC(=O)CSc1nc2ccccc2c(=O)n1Cc1ccccc1. The second kappa shape index (κ2) is 10.8. The van der Waals surface area contributed by atoms with Gasteiger partial charge in [0.25, 0.3) is 5.56 Å². The second-order valence-electron chi connectivity index (χ2n) is 7.49. The molecule has 3 aromatic carbocycles. The molecule has 0 spiro atoms. The fraction of sp³-hybridized carbons (Fsp3) is 0.192. The lowest BCUT2D eigenvalue weighted by Crippen LogP contribution is -2.28. The van der Waals surface area contributed by atoms with Crippen molar-refractivity contribution < 1.29 is 9.53 Å². The van der Waals surface area contributed by atoms with E-state index in [1.54, 1.807) is 17.7 Å². The van der Waals surface area contributed by atoms with Crippen LogP contribution in [0.25, 0.3) is 10.9 Å². The first-order chi connectivity index (χ1) is 16.2. The van der Waals surface area contributed by atoms with Crippen molar-refractivity contribution in [3.8, 4) is 5.75 Å². The summed E-state index contributed by atoms with van der Waals surface area (Å²) in [4.78, 5) is 30.4. The molecule has 0 saturated heterocycles. The van der Waals surface area contributed by atoms with Crippen LogP contribution in [-0.4, -0.2) is 34.9 Å². The second-order valence-corrected chi connectivity index (χ2v) is 8.43. The van der Waals surface area contributed by atoms with Crippen molar-refractivity contribution in [2.24, 2.45) is 0 Å². The highest BCUT2D eigenvalue weighted by molar-refractivity contribution is 7.99. The molecule has 4 aromatic rings. The monoisotopic (exact) mass is 459 g/mol. The number of ether oxygens (including phenoxy) is 1. The quantitative estimate of drug-likeness (QED) is 0.304. The van der Waals surface area contributed by atoms with Gasteiger partial charge in [0, 0.05) is 6.54 Å². The number of rotatable bonds is 9. The van der Waals surface area contributed by atoms with Gasteiger partial charge in [-0.05, 0) is 35.7 Å². The molecule has 0 radical (unpaired) electrons. The molecule has 1 heterocycles. The molecule has 0 aliphatic carbocycles. The standard InChI is InChI=1S/C26H25N3O3S/c1-32-23-14-8-5-11-20(23)15-16-27-24(30)18-33-26-28-22-13-7-6-12-21(22)25(31)29(26)17-19-9-3-2-4-10-19/h2-14H,15-18H2,1H3,(H,27,30). The summed E-state index contributed by atoms with van der Waals surface area (Å²) in [6.45, 7) is 0.900. The Hall–Kier alpha value is -3.58. The zero-order valence-electron chi connectivity index (χ0n) is 18.4. The van der Waals surface area contributed by atoms with Gasteiger partial charge in [0.1, 0.15) is 5.75 Å². The van der Waals surface area contributed by atoms with Crippen molar-refractivity contribution >= 4 is 28.6 Å². The lowest BCUT2D eigenvalue weighted by Gasteiger charge is -2.13. The summed E-state index contributed by atoms with van der Waals surface area (Å²) in [5.74, 6) is 0.876. The molecule has 1 N–H and O–H groups in total. The molecule has 0 bridgehead atoms. The van der Waals surface area contributed by atoms with Crippen molar-refractivity contribution in [3.63, 3.8) is 0 Å². The lowest BCUT2D eigenvalue weighted by molar-refractivity contribution is -0.118. The number of nitrogens with one attached hydrogen (secondary N) is 1. The van der Waals surface area contributed by atoms with E-state index in [0.717, 1.165) is 16.9 Å². The third-order valence-electron chi connectivity index (χ3n) is 5.25. The fourth-order valence-corrected chi connectivity index (χ4v) is 4.42. The number of aromatic nitrogens is 2. The number of benzene rings is 3. The van der Waals surface area contributed by atoms with Crippen LogP contribution in [0, 0.1) is 0 Å². The summed E-state index contributed by atoms with van der Waals surface area (Å²) in [5, 5.41) is 4.04. The van der Waals surface area contributed by atoms with E-state index in [0.29, 0.717) is 35.6 Å². The molecule has 0 saturated carbocycles. The first-order valence-electron chi connectivity index (χ1n) is 10.7. The van der Waals surface area contributed by atoms with Gasteiger partial charge >= 0.3 is 0 Å². The normalized spacial score (nSPS) is 10.8. The summed E-state index contributed by atoms with van der Waals surface area (Å²) in [7, 11) is 1.64. The number of hydrogen-bond acceptors (Lipinski definition) is 5. The van der Waals surface area contributed by atoms with E-state index in [1.165, 1.54) is 11.8 Å². The van der Waals surface area contributed by atoms with Crippen LogP contribution in [0.15, 0.2) is 88.8 Å². The molecule has 168 valence electrons. The molecule has 4 rings (SSSR count). The van der Waals surface area contributed by atoms with Gasteiger partial charge in [0.05, 0.1) is 30.3 Å². The topological polar surface area (TPSA) is 73.2 Å². The Balaban J connectivity index is 1.46. The summed E-state index contributed by atoms with van der Waals surface area (Å²) in [5.41, 5.74) is 2.56. The molecule has 0 atom stereocenters. The van der Waals surface area contributed by atoms with Gasteiger partial charge < -0.3 is 10.1 Å². The van der Waals surface area contributed by atoms with Gasteiger partial charge in [-0.15, -0.1) is 0 Å². The minimum absolute atomic E-state index is 0.108. The van der Waals surface area contributed by atoms with E-state index >= 15 is 0 Å². The number of nitrogens with zero attached hydrogens (tertiary/aromatic N) is 2. The summed E-state index contributed by atoms with van der Waals surface area (Å²) in [6, 6.07) is 24.8. The Morgan fingerprint density at radius 1 is 1.00 bits per heavy atom. The minimum atomic E-state index is -0.108. The van der Waals surface area contributed by atoms with Crippen molar-refractivity contribution in [1.82, 2.24) is 14.9 Å². The van der Waals surface area contributed by atoms with Crippen LogP contribution in [0.1, 0.15) is 11.1 Å². The molecule has 33 heavy (non-hydrogen) atoms. The molecule has 0 unspecified atom stereocenters. The molecule has 6 nitrogen and oxygen atoms in total. The zero-order valence-corrected chi connectivity index (χ0v) is 19.2. The molecule has 1 aromatic heterocycles. The maximum Gasteiger partial charge on any atom is 0.262 e. The number of para-hydroxylation sites is 2. The number of fused-ring (bicyclic) bond motifs is 1. The number of methoxy groups -OCH3 is 1. The number of thioether (sulfide) groups is 1. The van der Waals surface area contributed by atoms with E-state index in [9.17, 15) is 9.59 Å². The fourth-order valence-electron chi connectivity index (χ4n) is 3.59. The smallest absolute Gasteiger partial charge is 0.262 e. The lowest BCUT2D eigenvalue weighted by atomic mass is 10.1. The van der Waals surface area contributed by atoms with Crippen LogP contribution in [-0.2, 0) is 17.8 Å². The molecule has 7 heteroatoms. The Bertz CT molecular complexity index is 1310. The van der Waals surface area contributed by atoms with Gasteiger partial charge in [-0.3, -0.25) is 14.2 Å². The Morgan fingerprint density at radius 3 is 2.55 bits per heavy atom. The van der Waals surface area contributed by atoms with Crippen LogP contribution in [0.2, 0.25) is 0 Å². The predicted octanol–water partition coefficient (Wildman–Crippen LogP) is 3.90. The average molecular weight is 460 g/mol. The maximum atomic E-state index is 13.2. The van der Waals surface area contributed by atoms with Crippen molar-refractivity contribution in [3.05, 3.63) is 100 Å². The van der Waals surface area contributed by atoms with E-state index in [1.807, 2.05) is 72.8 Å². The average Bonchev–Trinajstić information content (AvgIpc) is 2.85. The highest BCUT2D eigenvalue weighted by atomic mass is 32.2. The van der Waals surface area contributed by atoms with Gasteiger partial charge in [-0.1, -0.05) is 72.4 Å². The first kappa shape index (κ1) is 22.6. The Kier molecular flexibility index (Phi) is 7.42. The Labute approximate surface area is 196 Å². The summed E-state index contributed by atoms with van der Waals surface area (Å²) >= 11 is 1.27. The molecule has 1 amide bonds. The van der Waals surface area contributed by atoms with Crippen LogP contribution >= 0.6 is 11.8 Å². The van der Waals surface area contributed by atoms with Gasteiger partial charge in [0.2, 0.25) is 5.91 Å². The Morgan fingerprint density at radius 2 is 1.73 bits per heavy atom. The van der Waals surface area contributed by atoms with E-state index in [2.05, 4.69) is 10.3 Å². The third-order valence-corrected chi connectivity index (χ3v) is 6.23. The summed E-state index contributed by atoms with van der Waals surface area (Å²) in [6.07, 6.45) is 0.674. The molecule has 0 fully saturated rings. The molecule has 0 aliphatic rings. The molecule has 0 aliphatic heterocycles. The highest BCUT2D eigenvalue weighted by Gasteiger charge is 2.14. The van der Waals surface area contributed by atoms with Crippen LogP contribution in [0.4, 0.5) is 0 Å². The summed E-state index contributed by atoms with van der Waals surface area (Å²) < 4.78 is 7.00. The van der Waals surface area contributed by atoms with E-state index < -0.39 is 0 Å².